The Labute approximate surface area is 131 Å². The van der Waals surface area contributed by atoms with Crippen LogP contribution in [-0.4, -0.2) is 13.1 Å². The van der Waals surface area contributed by atoms with Gasteiger partial charge in [-0.05, 0) is 38.5 Å². The molecule has 0 saturated carbocycles. The number of hydrogen-bond donors (Lipinski definition) is 0. The smallest absolute Gasteiger partial charge is 0.305 e. The SMILES string of the molecule is C#CCCCCCC/C=C\CCCCCCCC(=O)OC. The Bertz CT molecular complexity index is 299. The van der Waals surface area contributed by atoms with Crippen molar-refractivity contribution in [2.45, 2.75) is 83.5 Å². The normalized spacial score (nSPS) is 10.7. The highest BCUT2D eigenvalue weighted by atomic mass is 16.5. The number of ether oxygens (including phenoxy) is 1. The number of methoxy groups -OCH3 is 1. The van der Waals surface area contributed by atoms with Crippen molar-refractivity contribution in [3.8, 4) is 12.3 Å². The van der Waals surface area contributed by atoms with E-state index in [0.717, 1.165) is 19.3 Å². The molecule has 2 heteroatoms. The zero-order valence-electron chi connectivity index (χ0n) is 13.7. The highest BCUT2D eigenvalue weighted by molar-refractivity contribution is 5.68. The van der Waals surface area contributed by atoms with Gasteiger partial charge in [-0.2, -0.15) is 0 Å². The summed E-state index contributed by atoms with van der Waals surface area (Å²) in [4.78, 5) is 10.9. The van der Waals surface area contributed by atoms with E-state index in [9.17, 15) is 4.79 Å². The number of terminal acetylenes is 1. The van der Waals surface area contributed by atoms with E-state index in [4.69, 9.17) is 6.42 Å². The summed E-state index contributed by atoms with van der Waals surface area (Å²) in [6, 6.07) is 0. The maximum atomic E-state index is 10.9. The maximum Gasteiger partial charge on any atom is 0.305 e. The number of rotatable bonds is 14. The lowest BCUT2D eigenvalue weighted by atomic mass is 10.1. The van der Waals surface area contributed by atoms with Crippen molar-refractivity contribution < 1.29 is 9.53 Å². The van der Waals surface area contributed by atoms with Gasteiger partial charge in [0.2, 0.25) is 0 Å². The molecule has 0 aliphatic heterocycles. The summed E-state index contributed by atoms with van der Waals surface area (Å²) < 4.78 is 4.61. The number of hydrogen-bond acceptors (Lipinski definition) is 2. The zero-order chi connectivity index (χ0) is 15.6. The van der Waals surface area contributed by atoms with Gasteiger partial charge in [-0.25, -0.2) is 0 Å². The lowest BCUT2D eigenvalue weighted by molar-refractivity contribution is -0.140. The Morgan fingerprint density at radius 1 is 0.905 bits per heavy atom. The summed E-state index contributed by atoms with van der Waals surface area (Å²) in [6.45, 7) is 0. The van der Waals surface area contributed by atoms with Crippen molar-refractivity contribution in [1.29, 1.82) is 0 Å². The van der Waals surface area contributed by atoms with Crippen molar-refractivity contribution in [1.82, 2.24) is 0 Å². The monoisotopic (exact) mass is 292 g/mol. The van der Waals surface area contributed by atoms with Crippen molar-refractivity contribution in [3.63, 3.8) is 0 Å². The van der Waals surface area contributed by atoms with Crippen LogP contribution in [-0.2, 0) is 9.53 Å². The van der Waals surface area contributed by atoms with Crippen LogP contribution in [0.1, 0.15) is 83.5 Å². The van der Waals surface area contributed by atoms with Gasteiger partial charge in [0.25, 0.3) is 0 Å². The Hall–Kier alpha value is -1.23. The van der Waals surface area contributed by atoms with Crippen LogP contribution in [0.4, 0.5) is 0 Å². The molecule has 0 aromatic carbocycles. The molecule has 0 aromatic heterocycles. The minimum Gasteiger partial charge on any atom is -0.469 e. The van der Waals surface area contributed by atoms with Gasteiger partial charge in [0.05, 0.1) is 7.11 Å². The zero-order valence-corrected chi connectivity index (χ0v) is 13.7. The van der Waals surface area contributed by atoms with Gasteiger partial charge in [-0.3, -0.25) is 4.79 Å². The van der Waals surface area contributed by atoms with E-state index in [1.54, 1.807) is 0 Å². The van der Waals surface area contributed by atoms with Crippen LogP contribution in [0, 0.1) is 12.3 Å². The standard InChI is InChI=1S/C19H32O2/c1-3-4-5-6-7-8-9-10-11-12-13-14-15-16-17-18-19(20)21-2/h1,10-11H,4-9,12-18H2,2H3/b11-10-. The first-order valence-electron chi connectivity index (χ1n) is 8.46. The van der Waals surface area contributed by atoms with Gasteiger partial charge in [0.1, 0.15) is 0 Å². The molecule has 120 valence electrons. The van der Waals surface area contributed by atoms with Gasteiger partial charge >= 0.3 is 5.97 Å². The third-order valence-corrected chi connectivity index (χ3v) is 3.59. The fraction of sp³-hybridized carbons (Fsp3) is 0.737. The molecule has 0 radical (unpaired) electrons. The molecule has 0 aromatic rings. The van der Waals surface area contributed by atoms with Crippen LogP contribution in [0.3, 0.4) is 0 Å². The third-order valence-electron chi connectivity index (χ3n) is 3.59. The topological polar surface area (TPSA) is 26.3 Å². The minimum atomic E-state index is -0.0859. The Balaban J connectivity index is 3.12. The Morgan fingerprint density at radius 2 is 1.43 bits per heavy atom. The molecular formula is C19H32O2. The van der Waals surface area contributed by atoms with E-state index < -0.39 is 0 Å². The summed E-state index contributed by atoms with van der Waals surface area (Å²) in [5.74, 6) is 2.60. The largest absolute Gasteiger partial charge is 0.469 e. The van der Waals surface area contributed by atoms with Crippen molar-refractivity contribution in [2.24, 2.45) is 0 Å². The van der Waals surface area contributed by atoms with E-state index in [1.165, 1.54) is 64.9 Å². The van der Waals surface area contributed by atoms with Crippen LogP contribution in [0.15, 0.2) is 12.2 Å². The van der Waals surface area contributed by atoms with Crippen LogP contribution in [0.25, 0.3) is 0 Å². The fourth-order valence-corrected chi connectivity index (χ4v) is 2.24. The second-order valence-electron chi connectivity index (χ2n) is 5.51. The quantitative estimate of drug-likeness (QED) is 0.185. The molecule has 0 atom stereocenters. The van der Waals surface area contributed by atoms with Gasteiger partial charge in [0, 0.05) is 12.8 Å². The summed E-state index contributed by atoms with van der Waals surface area (Å²) in [5, 5.41) is 0. The van der Waals surface area contributed by atoms with E-state index in [-0.39, 0.29) is 5.97 Å². The summed E-state index contributed by atoms with van der Waals surface area (Å²) in [5.41, 5.74) is 0. The lowest BCUT2D eigenvalue weighted by Gasteiger charge is -2.00. The molecule has 0 amide bonds. The third kappa shape index (κ3) is 16.7. The van der Waals surface area contributed by atoms with Crippen LogP contribution < -0.4 is 0 Å². The Morgan fingerprint density at radius 3 is 2.00 bits per heavy atom. The first-order chi connectivity index (χ1) is 10.3. The summed E-state index contributed by atoms with van der Waals surface area (Å²) >= 11 is 0. The molecule has 21 heavy (non-hydrogen) atoms. The predicted molar refractivity (Wildman–Crippen MR) is 90.0 cm³/mol. The molecule has 0 fully saturated rings. The first-order valence-corrected chi connectivity index (χ1v) is 8.46. The van der Waals surface area contributed by atoms with Crippen molar-refractivity contribution in [3.05, 3.63) is 12.2 Å². The molecule has 0 heterocycles. The number of carbonyl (C=O) groups excluding carboxylic acids is 1. The summed E-state index contributed by atoms with van der Waals surface area (Å²) in [7, 11) is 1.45. The average molecular weight is 292 g/mol. The number of allylic oxidation sites excluding steroid dienone is 2. The molecule has 0 N–H and O–H groups in total. The first kappa shape index (κ1) is 19.8. The van der Waals surface area contributed by atoms with E-state index in [2.05, 4.69) is 22.8 Å². The predicted octanol–water partition coefficient (Wildman–Crippen LogP) is 5.42. The molecule has 0 spiro atoms. The molecule has 0 rings (SSSR count). The second-order valence-corrected chi connectivity index (χ2v) is 5.51. The van der Waals surface area contributed by atoms with Crippen molar-refractivity contribution >= 4 is 5.97 Å². The van der Waals surface area contributed by atoms with Crippen LogP contribution in [0.5, 0.6) is 0 Å². The number of unbranched alkanes of at least 4 members (excludes halogenated alkanes) is 10. The molecular weight excluding hydrogens is 260 g/mol. The molecule has 0 unspecified atom stereocenters. The Kier molecular flexibility index (Phi) is 15.8. The van der Waals surface area contributed by atoms with E-state index in [0.29, 0.717) is 6.42 Å². The van der Waals surface area contributed by atoms with E-state index in [1.807, 2.05) is 0 Å². The van der Waals surface area contributed by atoms with Gasteiger partial charge in [-0.1, -0.05) is 44.3 Å². The van der Waals surface area contributed by atoms with Gasteiger partial charge in [0.15, 0.2) is 0 Å². The van der Waals surface area contributed by atoms with Gasteiger partial charge < -0.3 is 4.74 Å². The van der Waals surface area contributed by atoms with Gasteiger partial charge in [-0.15, -0.1) is 12.3 Å². The molecule has 0 saturated heterocycles. The molecule has 0 aliphatic rings. The highest BCUT2D eigenvalue weighted by Gasteiger charge is 1.98. The van der Waals surface area contributed by atoms with Crippen molar-refractivity contribution in [2.75, 3.05) is 7.11 Å². The minimum absolute atomic E-state index is 0.0859. The van der Waals surface area contributed by atoms with E-state index >= 15 is 0 Å². The van der Waals surface area contributed by atoms with Crippen LogP contribution >= 0.6 is 0 Å². The average Bonchev–Trinajstić information content (AvgIpc) is 2.50. The number of carbonyl (C=O) groups is 1. The molecule has 2 nitrogen and oxygen atoms in total. The summed E-state index contributed by atoms with van der Waals surface area (Å²) in [6.07, 6.45) is 24.6. The van der Waals surface area contributed by atoms with Crippen LogP contribution in [0.2, 0.25) is 0 Å². The fourth-order valence-electron chi connectivity index (χ4n) is 2.24. The maximum absolute atomic E-state index is 10.9. The lowest BCUT2D eigenvalue weighted by Crippen LogP contribution is -1.98. The number of esters is 1. The molecule has 0 aliphatic carbocycles. The highest BCUT2D eigenvalue weighted by Crippen LogP contribution is 2.09. The molecule has 0 bridgehead atoms. The second kappa shape index (κ2) is 16.8.